The molecule has 2 atom stereocenters. The molecule has 0 bridgehead atoms. The van der Waals surface area contributed by atoms with Crippen molar-refractivity contribution in [1.29, 1.82) is 0 Å². The normalized spacial score (nSPS) is 25.7. The molecule has 0 saturated heterocycles. The van der Waals surface area contributed by atoms with E-state index < -0.39 is 0 Å². The number of rotatable bonds is 2. The molecular weight excluding hydrogens is 184 g/mol. The second-order valence-electron chi connectivity index (χ2n) is 3.58. The van der Waals surface area contributed by atoms with Crippen molar-refractivity contribution in [2.45, 2.75) is 19.3 Å². The highest BCUT2D eigenvalue weighted by molar-refractivity contribution is 6.31. The van der Waals surface area contributed by atoms with Crippen molar-refractivity contribution in [1.82, 2.24) is 0 Å². The number of ketones is 1. The summed E-state index contributed by atoms with van der Waals surface area (Å²) in [7, 11) is 0. The van der Waals surface area contributed by atoms with Gasteiger partial charge in [0.25, 0.3) is 0 Å². The van der Waals surface area contributed by atoms with E-state index in [0.29, 0.717) is 5.92 Å². The van der Waals surface area contributed by atoms with E-state index in [1.807, 2.05) is 24.3 Å². The minimum absolute atomic E-state index is 0.222. The van der Waals surface area contributed by atoms with Gasteiger partial charge in [0.05, 0.1) is 0 Å². The van der Waals surface area contributed by atoms with Gasteiger partial charge < -0.3 is 0 Å². The van der Waals surface area contributed by atoms with Gasteiger partial charge in [-0.05, 0) is 30.9 Å². The summed E-state index contributed by atoms with van der Waals surface area (Å²) in [6, 6.07) is 7.77. The molecule has 1 aliphatic rings. The Kier molecular flexibility index (Phi) is 2.12. The van der Waals surface area contributed by atoms with E-state index in [1.54, 1.807) is 6.92 Å². The number of carbonyl (C=O) groups is 1. The third-order valence-electron chi connectivity index (χ3n) is 2.62. The third kappa shape index (κ3) is 1.61. The second kappa shape index (κ2) is 3.15. The van der Waals surface area contributed by atoms with Crippen LogP contribution in [0.25, 0.3) is 0 Å². The molecule has 1 nitrogen and oxygen atoms in total. The van der Waals surface area contributed by atoms with Crippen LogP contribution >= 0.6 is 11.6 Å². The van der Waals surface area contributed by atoms with Crippen molar-refractivity contribution in [3.05, 3.63) is 34.9 Å². The molecule has 2 heteroatoms. The molecule has 0 heterocycles. The van der Waals surface area contributed by atoms with E-state index in [1.165, 1.54) is 0 Å². The van der Waals surface area contributed by atoms with Gasteiger partial charge in [-0.2, -0.15) is 0 Å². The van der Waals surface area contributed by atoms with Gasteiger partial charge in [-0.15, -0.1) is 0 Å². The summed E-state index contributed by atoms with van der Waals surface area (Å²) < 4.78 is 0. The first-order chi connectivity index (χ1) is 6.20. The van der Waals surface area contributed by atoms with Crippen LogP contribution in [0, 0.1) is 5.92 Å². The molecule has 13 heavy (non-hydrogen) atoms. The van der Waals surface area contributed by atoms with E-state index in [9.17, 15) is 4.79 Å². The highest BCUT2D eigenvalue weighted by Gasteiger charge is 2.42. The van der Waals surface area contributed by atoms with Crippen LogP contribution in [0.1, 0.15) is 24.8 Å². The zero-order chi connectivity index (χ0) is 9.42. The Morgan fingerprint density at radius 1 is 1.46 bits per heavy atom. The summed E-state index contributed by atoms with van der Waals surface area (Å²) in [4.78, 5) is 11.1. The fourth-order valence-electron chi connectivity index (χ4n) is 1.76. The molecule has 0 N–H and O–H groups in total. The van der Waals surface area contributed by atoms with E-state index in [-0.39, 0.29) is 11.7 Å². The summed E-state index contributed by atoms with van der Waals surface area (Å²) in [5, 5.41) is 0.788. The molecule has 1 aromatic rings. The van der Waals surface area contributed by atoms with Crippen molar-refractivity contribution in [3.63, 3.8) is 0 Å². The van der Waals surface area contributed by atoms with Crippen LogP contribution in [0.15, 0.2) is 24.3 Å². The SMILES string of the molecule is CC(=O)[C@H]1C[C@@H]1c1ccccc1Cl. The predicted octanol–water partition coefficient (Wildman–Crippen LogP) is 3.03. The first kappa shape index (κ1) is 8.76. The Hall–Kier alpha value is -0.820. The molecule has 1 saturated carbocycles. The number of carbonyl (C=O) groups excluding carboxylic acids is 1. The fourth-order valence-corrected chi connectivity index (χ4v) is 2.04. The summed E-state index contributed by atoms with van der Waals surface area (Å²) >= 11 is 6.02. The zero-order valence-corrected chi connectivity index (χ0v) is 8.21. The van der Waals surface area contributed by atoms with E-state index in [4.69, 9.17) is 11.6 Å². The molecule has 68 valence electrons. The van der Waals surface area contributed by atoms with Crippen LogP contribution in [0.3, 0.4) is 0 Å². The van der Waals surface area contributed by atoms with Gasteiger partial charge in [-0.3, -0.25) is 4.79 Å². The molecule has 2 rings (SSSR count). The smallest absolute Gasteiger partial charge is 0.133 e. The van der Waals surface area contributed by atoms with Crippen LogP contribution in [0.2, 0.25) is 5.02 Å². The van der Waals surface area contributed by atoms with E-state index >= 15 is 0 Å². The molecule has 0 aromatic heterocycles. The van der Waals surface area contributed by atoms with E-state index in [2.05, 4.69) is 0 Å². The van der Waals surface area contributed by atoms with Gasteiger partial charge in [0.15, 0.2) is 0 Å². The molecule has 0 radical (unpaired) electrons. The lowest BCUT2D eigenvalue weighted by molar-refractivity contribution is -0.118. The average molecular weight is 195 g/mol. The maximum atomic E-state index is 11.1. The fraction of sp³-hybridized carbons (Fsp3) is 0.364. The van der Waals surface area contributed by atoms with Crippen molar-refractivity contribution in [2.75, 3.05) is 0 Å². The average Bonchev–Trinajstić information content (AvgIpc) is 2.84. The van der Waals surface area contributed by atoms with Crippen LogP contribution in [-0.2, 0) is 4.79 Å². The molecule has 1 fully saturated rings. The lowest BCUT2D eigenvalue weighted by atomic mass is 10.1. The standard InChI is InChI=1S/C11H11ClO/c1-7(13)9-6-10(9)8-4-2-3-5-11(8)12/h2-5,9-10H,6H2,1H3/t9-,10-/m1/s1. The number of Topliss-reactive ketones (excluding diaryl/α,β-unsaturated/α-hetero) is 1. The van der Waals surface area contributed by atoms with Crippen molar-refractivity contribution < 1.29 is 4.79 Å². The molecule has 0 aliphatic heterocycles. The summed E-state index contributed by atoms with van der Waals surface area (Å²) in [5.74, 6) is 0.885. The monoisotopic (exact) mass is 194 g/mol. The van der Waals surface area contributed by atoms with Crippen LogP contribution < -0.4 is 0 Å². The van der Waals surface area contributed by atoms with Gasteiger partial charge in [0.1, 0.15) is 5.78 Å². The first-order valence-corrected chi connectivity index (χ1v) is 4.83. The maximum absolute atomic E-state index is 11.1. The number of hydrogen-bond acceptors (Lipinski definition) is 1. The Balaban J connectivity index is 2.21. The molecule has 0 amide bonds. The molecule has 0 unspecified atom stereocenters. The Morgan fingerprint density at radius 3 is 2.69 bits per heavy atom. The lowest BCUT2D eigenvalue weighted by Crippen LogP contribution is -1.94. The van der Waals surface area contributed by atoms with Gasteiger partial charge in [-0.25, -0.2) is 0 Å². The van der Waals surface area contributed by atoms with Gasteiger partial charge in [0.2, 0.25) is 0 Å². The summed E-state index contributed by atoms with van der Waals surface area (Å²) in [6.07, 6.45) is 0.971. The Labute approximate surface area is 82.7 Å². The van der Waals surface area contributed by atoms with Crippen LogP contribution in [-0.4, -0.2) is 5.78 Å². The third-order valence-corrected chi connectivity index (χ3v) is 2.96. The van der Waals surface area contributed by atoms with Crippen molar-refractivity contribution >= 4 is 17.4 Å². The lowest BCUT2D eigenvalue weighted by Gasteiger charge is -2.00. The highest BCUT2D eigenvalue weighted by Crippen LogP contribution is 2.49. The number of halogens is 1. The minimum Gasteiger partial charge on any atom is -0.300 e. The highest BCUT2D eigenvalue weighted by atomic mass is 35.5. The Bertz CT molecular complexity index is 346. The van der Waals surface area contributed by atoms with Crippen molar-refractivity contribution in [2.24, 2.45) is 5.92 Å². The first-order valence-electron chi connectivity index (χ1n) is 4.45. The predicted molar refractivity (Wildman–Crippen MR) is 53.0 cm³/mol. The van der Waals surface area contributed by atoms with Crippen LogP contribution in [0.5, 0.6) is 0 Å². The molecule has 1 aliphatic carbocycles. The second-order valence-corrected chi connectivity index (χ2v) is 3.99. The number of hydrogen-bond donors (Lipinski definition) is 0. The van der Waals surface area contributed by atoms with Gasteiger partial charge in [-0.1, -0.05) is 29.8 Å². The van der Waals surface area contributed by atoms with Gasteiger partial charge in [0, 0.05) is 10.9 Å². The quantitative estimate of drug-likeness (QED) is 0.708. The molecular formula is C11H11ClO. The largest absolute Gasteiger partial charge is 0.300 e. The zero-order valence-electron chi connectivity index (χ0n) is 7.46. The van der Waals surface area contributed by atoms with Gasteiger partial charge >= 0.3 is 0 Å². The molecule has 1 aromatic carbocycles. The summed E-state index contributed by atoms with van der Waals surface area (Å²) in [5.41, 5.74) is 1.13. The van der Waals surface area contributed by atoms with E-state index in [0.717, 1.165) is 17.0 Å². The summed E-state index contributed by atoms with van der Waals surface area (Å²) in [6.45, 7) is 1.65. The van der Waals surface area contributed by atoms with Crippen molar-refractivity contribution in [3.8, 4) is 0 Å². The topological polar surface area (TPSA) is 17.1 Å². The Morgan fingerprint density at radius 2 is 2.15 bits per heavy atom. The minimum atomic E-state index is 0.222. The molecule has 0 spiro atoms. The number of benzene rings is 1. The maximum Gasteiger partial charge on any atom is 0.133 e. The van der Waals surface area contributed by atoms with Crippen LogP contribution in [0.4, 0.5) is 0 Å².